The fourth-order valence-corrected chi connectivity index (χ4v) is 4.89. The molecule has 2 aromatic rings. The summed E-state index contributed by atoms with van der Waals surface area (Å²) < 4.78 is 11.3. The second kappa shape index (κ2) is 10.8. The van der Waals surface area contributed by atoms with E-state index in [9.17, 15) is 9.59 Å². The predicted octanol–water partition coefficient (Wildman–Crippen LogP) is 5.17. The number of para-hydroxylation sites is 1. The van der Waals surface area contributed by atoms with Gasteiger partial charge in [-0.25, -0.2) is 0 Å². The van der Waals surface area contributed by atoms with Crippen LogP contribution in [-0.2, 0) is 14.3 Å². The van der Waals surface area contributed by atoms with Gasteiger partial charge >= 0.3 is 5.97 Å². The molecule has 2 aromatic carbocycles. The zero-order chi connectivity index (χ0) is 25.0. The maximum atomic E-state index is 14.1. The maximum Gasteiger partial charge on any atom is 0.312 e. The van der Waals surface area contributed by atoms with Crippen molar-refractivity contribution in [1.29, 1.82) is 0 Å². The number of likely N-dealkylation sites (N-methyl/N-ethyl adjacent to an activating group) is 1. The molecule has 0 bridgehead atoms. The number of benzene rings is 2. The van der Waals surface area contributed by atoms with Gasteiger partial charge in [0.05, 0.1) is 23.5 Å². The predicted molar refractivity (Wildman–Crippen MR) is 137 cm³/mol. The van der Waals surface area contributed by atoms with E-state index in [4.69, 9.17) is 9.47 Å². The first-order chi connectivity index (χ1) is 16.0. The van der Waals surface area contributed by atoms with Crippen LogP contribution in [0.25, 0.3) is 0 Å². The van der Waals surface area contributed by atoms with Gasteiger partial charge in [-0.2, -0.15) is 0 Å². The van der Waals surface area contributed by atoms with Gasteiger partial charge in [0, 0.05) is 24.0 Å². The molecule has 1 aliphatic heterocycles. The molecule has 0 aromatic heterocycles. The third kappa shape index (κ3) is 5.94. The van der Waals surface area contributed by atoms with Crippen LogP contribution >= 0.6 is 11.8 Å². The number of fused-ring (bicyclic) bond motifs is 1. The van der Waals surface area contributed by atoms with Crippen LogP contribution < -0.4 is 9.64 Å². The van der Waals surface area contributed by atoms with Crippen LogP contribution in [0.5, 0.6) is 5.75 Å². The van der Waals surface area contributed by atoms with Crippen molar-refractivity contribution in [2.24, 2.45) is 5.41 Å². The van der Waals surface area contributed by atoms with Crippen LogP contribution in [0.4, 0.5) is 5.69 Å². The molecule has 0 spiro atoms. The first kappa shape index (κ1) is 26.1. The van der Waals surface area contributed by atoms with Crippen LogP contribution in [0.15, 0.2) is 53.4 Å². The number of rotatable bonds is 7. The minimum absolute atomic E-state index is 0.201. The molecule has 2 atom stereocenters. The first-order valence-corrected chi connectivity index (χ1v) is 12.5. The summed E-state index contributed by atoms with van der Waals surface area (Å²) >= 11 is 1.56. The smallest absolute Gasteiger partial charge is 0.312 e. The van der Waals surface area contributed by atoms with Gasteiger partial charge in [-0.05, 0) is 71.5 Å². The highest BCUT2D eigenvalue weighted by Gasteiger charge is 2.42. The summed E-state index contributed by atoms with van der Waals surface area (Å²) in [5, 5.41) is -0.390. The SMILES string of the molecule is COc1ccc([C@H]2Sc3ccccc3N(CCN(C)C(C)C)C(=O)[C@H]2OC(=O)C(C)(C)C)cc1. The van der Waals surface area contributed by atoms with E-state index in [2.05, 4.69) is 18.7 Å². The summed E-state index contributed by atoms with van der Waals surface area (Å²) in [6.45, 7) is 10.9. The Morgan fingerprint density at radius 1 is 1.12 bits per heavy atom. The van der Waals surface area contributed by atoms with Gasteiger partial charge in [-0.1, -0.05) is 24.3 Å². The molecule has 3 rings (SSSR count). The first-order valence-electron chi connectivity index (χ1n) is 11.6. The topological polar surface area (TPSA) is 59.1 Å². The normalized spacial score (nSPS) is 18.6. The van der Waals surface area contributed by atoms with E-state index < -0.39 is 22.7 Å². The maximum absolute atomic E-state index is 14.1. The monoisotopic (exact) mass is 484 g/mol. The summed E-state index contributed by atoms with van der Waals surface area (Å²) in [7, 11) is 3.67. The Morgan fingerprint density at radius 2 is 1.76 bits per heavy atom. The van der Waals surface area contributed by atoms with E-state index >= 15 is 0 Å². The van der Waals surface area contributed by atoms with E-state index in [1.807, 2.05) is 55.6 Å². The van der Waals surface area contributed by atoms with Crippen molar-refractivity contribution in [2.75, 3.05) is 32.1 Å². The summed E-state index contributed by atoms with van der Waals surface area (Å²) in [6, 6.07) is 15.9. The number of carbonyl (C=O) groups is 2. The Morgan fingerprint density at radius 3 is 2.35 bits per heavy atom. The van der Waals surface area contributed by atoms with Crippen LogP contribution in [-0.4, -0.2) is 56.2 Å². The molecule has 1 amide bonds. The van der Waals surface area contributed by atoms with Gasteiger partial charge in [-0.3, -0.25) is 9.59 Å². The van der Waals surface area contributed by atoms with Gasteiger partial charge in [-0.15, -0.1) is 11.8 Å². The molecule has 0 saturated heterocycles. The molecule has 0 radical (unpaired) electrons. The number of methoxy groups -OCH3 is 1. The molecule has 0 unspecified atom stereocenters. The van der Waals surface area contributed by atoms with Gasteiger partial charge in [0.2, 0.25) is 0 Å². The van der Waals surface area contributed by atoms with E-state index in [1.165, 1.54) is 0 Å². The Balaban J connectivity index is 2.06. The van der Waals surface area contributed by atoms with Crippen molar-refractivity contribution < 1.29 is 19.1 Å². The Labute approximate surface area is 207 Å². The average Bonchev–Trinajstić information content (AvgIpc) is 2.91. The van der Waals surface area contributed by atoms with Crippen molar-refractivity contribution in [2.45, 2.75) is 56.9 Å². The van der Waals surface area contributed by atoms with Gasteiger partial charge in [0.15, 0.2) is 6.10 Å². The fourth-order valence-electron chi connectivity index (χ4n) is 3.57. The van der Waals surface area contributed by atoms with E-state index in [0.717, 1.165) is 21.9 Å². The zero-order valence-corrected chi connectivity index (χ0v) is 22.0. The van der Waals surface area contributed by atoms with Crippen LogP contribution in [0.1, 0.15) is 45.4 Å². The van der Waals surface area contributed by atoms with Crippen molar-refractivity contribution in [3.05, 3.63) is 54.1 Å². The molecule has 1 heterocycles. The molecular formula is C27H36N2O4S. The average molecular weight is 485 g/mol. The van der Waals surface area contributed by atoms with Crippen LogP contribution in [0, 0.1) is 5.41 Å². The molecule has 34 heavy (non-hydrogen) atoms. The molecule has 0 fully saturated rings. The highest BCUT2D eigenvalue weighted by molar-refractivity contribution is 7.99. The minimum Gasteiger partial charge on any atom is -0.497 e. The Hall–Kier alpha value is -2.51. The lowest BCUT2D eigenvalue weighted by Crippen LogP contribution is -2.47. The number of nitrogens with zero attached hydrogens (tertiary/aromatic N) is 2. The number of thioether (sulfide) groups is 1. The third-order valence-corrected chi connectivity index (χ3v) is 7.42. The number of esters is 1. The number of amides is 1. The van der Waals surface area contributed by atoms with Crippen LogP contribution in [0.3, 0.4) is 0 Å². The Bertz CT molecular complexity index is 1000. The largest absolute Gasteiger partial charge is 0.497 e. The second-order valence-corrected chi connectivity index (χ2v) is 11.1. The molecule has 184 valence electrons. The van der Waals surface area contributed by atoms with Crippen molar-refractivity contribution in [3.8, 4) is 5.75 Å². The lowest BCUT2D eigenvalue weighted by atomic mass is 9.97. The van der Waals surface area contributed by atoms with E-state index in [-0.39, 0.29) is 5.91 Å². The van der Waals surface area contributed by atoms with Gasteiger partial charge < -0.3 is 19.3 Å². The number of hydrogen-bond donors (Lipinski definition) is 0. The number of ether oxygens (including phenoxy) is 2. The highest BCUT2D eigenvalue weighted by Crippen LogP contribution is 2.47. The number of hydrogen-bond acceptors (Lipinski definition) is 6. The molecule has 1 aliphatic rings. The molecule has 0 N–H and O–H groups in total. The van der Waals surface area contributed by atoms with Crippen molar-refractivity contribution in [1.82, 2.24) is 4.90 Å². The standard InChI is InChI=1S/C27H36N2O4S/c1-18(2)28(6)16-17-29-21-10-8-9-11-22(21)34-24(19-12-14-20(32-7)15-13-19)23(25(29)30)33-26(31)27(3,4)5/h8-15,18,23-24H,16-17H2,1-7H3/t23-,24+/m0/s1. The van der Waals surface area contributed by atoms with E-state index in [1.54, 1.807) is 44.5 Å². The quantitative estimate of drug-likeness (QED) is 0.505. The van der Waals surface area contributed by atoms with E-state index in [0.29, 0.717) is 19.1 Å². The summed E-state index contributed by atoms with van der Waals surface area (Å²) in [5.41, 5.74) is 1.03. The second-order valence-electron chi connectivity index (χ2n) is 9.92. The zero-order valence-electron chi connectivity index (χ0n) is 21.2. The van der Waals surface area contributed by atoms with Crippen LogP contribution in [0.2, 0.25) is 0 Å². The number of anilines is 1. The number of carbonyl (C=O) groups excluding carboxylic acids is 2. The summed E-state index contributed by atoms with van der Waals surface area (Å²) in [6.07, 6.45) is -0.957. The lowest BCUT2D eigenvalue weighted by molar-refractivity contribution is -0.162. The Kier molecular flexibility index (Phi) is 8.31. The summed E-state index contributed by atoms with van der Waals surface area (Å²) in [5.74, 6) is 0.138. The third-order valence-electron chi connectivity index (χ3n) is 6.04. The fraction of sp³-hybridized carbons (Fsp3) is 0.481. The molecule has 7 heteroatoms. The highest BCUT2D eigenvalue weighted by atomic mass is 32.2. The summed E-state index contributed by atoms with van der Waals surface area (Å²) in [4.78, 5) is 32.0. The van der Waals surface area contributed by atoms with Crippen molar-refractivity contribution in [3.63, 3.8) is 0 Å². The minimum atomic E-state index is -0.957. The van der Waals surface area contributed by atoms with Crippen molar-refractivity contribution >= 4 is 29.3 Å². The molecular weight excluding hydrogens is 448 g/mol. The van der Waals surface area contributed by atoms with Gasteiger partial charge in [0.25, 0.3) is 5.91 Å². The molecule has 0 aliphatic carbocycles. The molecule has 6 nitrogen and oxygen atoms in total. The lowest BCUT2D eigenvalue weighted by Gasteiger charge is -2.31. The van der Waals surface area contributed by atoms with Gasteiger partial charge in [0.1, 0.15) is 5.75 Å². The molecule has 0 saturated carbocycles.